The van der Waals surface area contributed by atoms with E-state index in [1.54, 1.807) is 0 Å². The summed E-state index contributed by atoms with van der Waals surface area (Å²) in [5.41, 5.74) is 1.72. The molecule has 2 rings (SSSR count). The van der Waals surface area contributed by atoms with Gasteiger partial charge in [0, 0.05) is 5.69 Å². The van der Waals surface area contributed by atoms with Gasteiger partial charge in [0.05, 0.1) is 4.90 Å². The molecule has 6 nitrogen and oxygen atoms in total. The minimum Gasteiger partial charge on any atom is -0.484 e. The average molecular weight is 376 g/mol. The summed E-state index contributed by atoms with van der Waals surface area (Å²) in [6.07, 6.45) is 2.27. The zero-order chi connectivity index (χ0) is 19.2. The van der Waals surface area contributed by atoms with Crippen molar-refractivity contribution >= 4 is 21.6 Å². The lowest BCUT2D eigenvalue weighted by molar-refractivity contribution is -0.118. The van der Waals surface area contributed by atoms with Crippen LogP contribution in [0.15, 0.2) is 53.4 Å². The Kier molecular flexibility index (Phi) is 6.76. The van der Waals surface area contributed by atoms with Gasteiger partial charge in [0.15, 0.2) is 6.61 Å². The van der Waals surface area contributed by atoms with Crippen LogP contribution in [0.1, 0.15) is 38.2 Å². The van der Waals surface area contributed by atoms with Gasteiger partial charge in [-0.3, -0.25) is 4.79 Å². The number of carbonyl (C=O) groups excluding carboxylic acids is 1. The van der Waals surface area contributed by atoms with Gasteiger partial charge >= 0.3 is 0 Å². The van der Waals surface area contributed by atoms with Gasteiger partial charge in [0.25, 0.3) is 5.91 Å². The minimum absolute atomic E-state index is 0.0101. The molecule has 1 amide bonds. The van der Waals surface area contributed by atoms with Gasteiger partial charge in [0.1, 0.15) is 5.75 Å². The monoisotopic (exact) mass is 376 g/mol. The standard InChI is InChI=1S/C19H24N2O4S/c1-3-4-14(2)15-5-9-17(10-6-15)25-13-19(22)21-16-7-11-18(12-8-16)26(20,23)24/h5-12,14H,3-4,13H2,1-2H3,(H,21,22)(H2,20,23,24)/t14-/m1/s1. The van der Waals surface area contributed by atoms with E-state index in [9.17, 15) is 13.2 Å². The number of sulfonamides is 1. The summed E-state index contributed by atoms with van der Waals surface area (Å²) in [5.74, 6) is 0.784. The van der Waals surface area contributed by atoms with Crippen molar-refractivity contribution < 1.29 is 17.9 Å². The molecule has 0 aromatic heterocycles. The minimum atomic E-state index is -3.75. The van der Waals surface area contributed by atoms with E-state index < -0.39 is 10.0 Å². The van der Waals surface area contributed by atoms with Gasteiger partial charge in [-0.15, -0.1) is 0 Å². The molecule has 0 fully saturated rings. The molecule has 2 aromatic rings. The third-order valence-electron chi connectivity index (χ3n) is 4.01. The second-order valence-electron chi connectivity index (χ2n) is 6.16. The first-order chi connectivity index (χ1) is 12.3. The molecule has 7 heteroatoms. The Bertz CT molecular complexity index is 831. The molecule has 0 bridgehead atoms. The Labute approximate surface area is 154 Å². The molecule has 0 aliphatic heterocycles. The van der Waals surface area contributed by atoms with E-state index in [4.69, 9.17) is 9.88 Å². The largest absolute Gasteiger partial charge is 0.484 e. The first-order valence-electron chi connectivity index (χ1n) is 8.45. The first-order valence-corrected chi connectivity index (χ1v) is 9.99. The van der Waals surface area contributed by atoms with Gasteiger partial charge in [-0.2, -0.15) is 0 Å². The number of anilines is 1. The number of benzene rings is 2. The molecule has 0 unspecified atom stereocenters. The molecule has 0 radical (unpaired) electrons. The SMILES string of the molecule is CCC[C@@H](C)c1ccc(OCC(=O)Nc2ccc(S(N)(=O)=O)cc2)cc1. The Morgan fingerprint density at radius 1 is 1.12 bits per heavy atom. The Morgan fingerprint density at radius 2 is 1.73 bits per heavy atom. The lowest BCUT2D eigenvalue weighted by atomic mass is 9.97. The smallest absolute Gasteiger partial charge is 0.262 e. The number of amides is 1. The topological polar surface area (TPSA) is 98.5 Å². The van der Waals surface area contributed by atoms with Crippen molar-refractivity contribution in [2.75, 3.05) is 11.9 Å². The maximum Gasteiger partial charge on any atom is 0.262 e. The molecule has 0 saturated heterocycles. The van der Waals surface area contributed by atoms with Crippen LogP contribution in [0.3, 0.4) is 0 Å². The van der Waals surface area contributed by atoms with E-state index >= 15 is 0 Å². The number of ether oxygens (including phenoxy) is 1. The van der Waals surface area contributed by atoms with Gasteiger partial charge < -0.3 is 10.1 Å². The molecular formula is C19H24N2O4S. The summed E-state index contributed by atoms with van der Waals surface area (Å²) in [6.45, 7) is 4.21. The van der Waals surface area contributed by atoms with Crippen molar-refractivity contribution in [1.82, 2.24) is 0 Å². The molecule has 140 valence electrons. The van der Waals surface area contributed by atoms with Crippen LogP contribution in [0.4, 0.5) is 5.69 Å². The van der Waals surface area contributed by atoms with Crippen molar-refractivity contribution in [3.63, 3.8) is 0 Å². The molecule has 0 saturated carbocycles. The van der Waals surface area contributed by atoms with Crippen LogP contribution in [-0.2, 0) is 14.8 Å². The van der Waals surface area contributed by atoms with Crippen molar-refractivity contribution in [1.29, 1.82) is 0 Å². The maximum absolute atomic E-state index is 11.9. The number of carbonyl (C=O) groups is 1. The maximum atomic E-state index is 11.9. The van der Waals surface area contributed by atoms with Crippen LogP contribution in [0, 0.1) is 0 Å². The van der Waals surface area contributed by atoms with Gasteiger partial charge in [-0.1, -0.05) is 32.4 Å². The van der Waals surface area contributed by atoms with Crippen LogP contribution < -0.4 is 15.2 Å². The molecule has 0 aliphatic rings. The number of primary sulfonamides is 1. The first kappa shape index (κ1) is 19.9. The van der Waals surface area contributed by atoms with Crippen LogP contribution in [0.5, 0.6) is 5.75 Å². The highest BCUT2D eigenvalue weighted by Crippen LogP contribution is 2.23. The third-order valence-corrected chi connectivity index (χ3v) is 4.94. The molecule has 3 N–H and O–H groups in total. The molecule has 0 heterocycles. The average Bonchev–Trinajstić information content (AvgIpc) is 2.60. The van der Waals surface area contributed by atoms with Crippen molar-refractivity contribution in [3.8, 4) is 5.75 Å². The van der Waals surface area contributed by atoms with Gasteiger partial charge in [-0.05, 0) is 54.3 Å². The van der Waals surface area contributed by atoms with Crippen molar-refractivity contribution in [2.24, 2.45) is 5.14 Å². The number of rotatable bonds is 8. The highest BCUT2D eigenvalue weighted by atomic mass is 32.2. The zero-order valence-corrected chi connectivity index (χ0v) is 15.8. The second-order valence-corrected chi connectivity index (χ2v) is 7.73. The lowest BCUT2D eigenvalue weighted by Crippen LogP contribution is -2.20. The fourth-order valence-electron chi connectivity index (χ4n) is 2.57. The fraction of sp³-hybridized carbons (Fsp3) is 0.316. The summed E-state index contributed by atoms with van der Waals surface area (Å²) in [6, 6.07) is 13.4. The summed E-state index contributed by atoms with van der Waals surface area (Å²) in [5, 5.41) is 7.67. The second kappa shape index (κ2) is 8.82. The Hall–Kier alpha value is -2.38. The number of hydrogen-bond donors (Lipinski definition) is 2. The van der Waals surface area contributed by atoms with Crippen molar-refractivity contribution in [3.05, 3.63) is 54.1 Å². The van der Waals surface area contributed by atoms with E-state index in [0.717, 1.165) is 12.8 Å². The Morgan fingerprint density at radius 3 is 2.27 bits per heavy atom. The molecule has 26 heavy (non-hydrogen) atoms. The van der Waals surface area contributed by atoms with E-state index in [1.165, 1.54) is 29.8 Å². The highest BCUT2D eigenvalue weighted by molar-refractivity contribution is 7.89. The molecule has 0 aliphatic carbocycles. The van der Waals surface area contributed by atoms with Gasteiger partial charge in [-0.25, -0.2) is 13.6 Å². The zero-order valence-electron chi connectivity index (χ0n) is 14.9. The molecule has 0 spiro atoms. The summed E-state index contributed by atoms with van der Waals surface area (Å²) >= 11 is 0. The van der Waals surface area contributed by atoms with Crippen LogP contribution >= 0.6 is 0 Å². The predicted molar refractivity (Wildman–Crippen MR) is 102 cm³/mol. The summed E-state index contributed by atoms with van der Waals surface area (Å²) < 4.78 is 27.9. The van der Waals surface area contributed by atoms with E-state index in [-0.39, 0.29) is 17.4 Å². The van der Waals surface area contributed by atoms with E-state index in [2.05, 4.69) is 19.2 Å². The van der Waals surface area contributed by atoms with Crippen LogP contribution in [0.25, 0.3) is 0 Å². The summed E-state index contributed by atoms with van der Waals surface area (Å²) in [4.78, 5) is 11.9. The Balaban J connectivity index is 1.86. The third kappa shape index (κ3) is 5.86. The molecule has 1 atom stereocenters. The van der Waals surface area contributed by atoms with Crippen molar-refractivity contribution in [2.45, 2.75) is 37.5 Å². The van der Waals surface area contributed by atoms with E-state index in [0.29, 0.717) is 17.4 Å². The normalized spacial score (nSPS) is 12.4. The number of hydrogen-bond acceptors (Lipinski definition) is 4. The van der Waals surface area contributed by atoms with Crippen LogP contribution in [-0.4, -0.2) is 20.9 Å². The quantitative estimate of drug-likeness (QED) is 0.739. The molecule has 2 aromatic carbocycles. The predicted octanol–water partition coefficient (Wildman–Crippen LogP) is 3.26. The number of nitrogens with two attached hydrogens (primary N) is 1. The highest BCUT2D eigenvalue weighted by Gasteiger charge is 2.09. The van der Waals surface area contributed by atoms with Crippen LogP contribution in [0.2, 0.25) is 0 Å². The lowest BCUT2D eigenvalue weighted by Gasteiger charge is -2.12. The number of nitrogens with one attached hydrogen (secondary N) is 1. The summed E-state index contributed by atoms with van der Waals surface area (Å²) in [7, 11) is -3.75. The molecular weight excluding hydrogens is 352 g/mol. The van der Waals surface area contributed by atoms with E-state index in [1.807, 2.05) is 24.3 Å². The fourth-order valence-corrected chi connectivity index (χ4v) is 3.08. The van der Waals surface area contributed by atoms with Gasteiger partial charge in [0.2, 0.25) is 10.0 Å².